The van der Waals surface area contributed by atoms with Crippen molar-refractivity contribution in [1.82, 2.24) is 0 Å². The van der Waals surface area contributed by atoms with Crippen molar-refractivity contribution in [2.24, 2.45) is 5.41 Å². The van der Waals surface area contributed by atoms with Gasteiger partial charge < -0.3 is 0 Å². The highest BCUT2D eigenvalue weighted by Crippen LogP contribution is 2.62. The van der Waals surface area contributed by atoms with Gasteiger partial charge in [-0.1, -0.05) is 140 Å². The third-order valence-electron chi connectivity index (χ3n) is 10.4. The highest BCUT2D eigenvalue weighted by Gasteiger charge is 2.51. The molecule has 4 aromatic rings. The zero-order chi connectivity index (χ0) is 33.4. The van der Waals surface area contributed by atoms with E-state index in [9.17, 15) is 8.78 Å². The third-order valence-corrected chi connectivity index (χ3v) is 10.4. The van der Waals surface area contributed by atoms with Gasteiger partial charge in [0.05, 0.1) is 5.41 Å². The van der Waals surface area contributed by atoms with Gasteiger partial charge in [-0.2, -0.15) is 0 Å². The molecule has 0 heterocycles. The number of benzene rings is 4. The van der Waals surface area contributed by atoms with Gasteiger partial charge in [-0.25, -0.2) is 8.78 Å². The lowest BCUT2D eigenvalue weighted by Crippen LogP contribution is -2.37. The Morgan fingerprint density at radius 1 is 0.522 bits per heavy atom. The van der Waals surface area contributed by atoms with Crippen LogP contribution in [-0.4, -0.2) is 0 Å². The fourth-order valence-electron chi connectivity index (χ4n) is 7.70. The van der Waals surface area contributed by atoms with Crippen LogP contribution in [-0.2, 0) is 16.2 Å². The maximum absolute atomic E-state index is 14.7. The Bertz CT molecular complexity index is 1750. The smallest absolute Gasteiger partial charge is 0.123 e. The van der Waals surface area contributed by atoms with Gasteiger partial charge >= 0.3 is 0 Å². The molecule has 0 aliphatic heterocycles. The van der Waals surface area contributed by atoms with E-state index >= 15 is 0 Å². The Kier molecular flexibility index (Phi) is 7.62. The van der Waals surface area contributed by atoms with Crippen LogP contribution in [0.3, 0.4) is 0 Å². The van der Waals surface area contributed by atoms with Crippen molar-refractivity contribution < 1.29 is 8.78 Å². The summed E-state index contributed by atoms with van der Waals surface area (Å²) in [5.41, 5.74) is 12.7. The Morgan fingerprint density at radius 3 is 1.26 bits per heavy atom. The van der Waals surface area contributed by atoms with E-state index in [1.54, 1.807) is 24.3 Å². The number of fused-ring (bicyclic) bond motifs is 3. The molecule has 2 aliphatic carbocycles. The highest BCUT2D eigenvalue weighted by atomic mass is 19.1. The van der Waals surface area contributed by atoms with Gasteiger partial charge in [0.15, 0.2) is 0 Å². The van der Waals surface area contributed by atoms with Crippen LogP contribution in [0.15, 0.2) is 108 Å². The summed E-state index contributed by atoms with van der Waals surface area (Å²) in [5.74, 6) is -0.662. The molecule has 4 aromatic carbocycles. The second-order valence-corrected chi connectivity index (χ2v) is 16.6. The molecule has 0 saturated heterocycles. The fraction of sp³-hybridized carbons (Fsp3) is 0.364. The molecule has 46 heavy (non-hydrogen) atoms. The van der Waals surface area contributed by atoms with Crippen LogP contribution >= 0.6 is 0 Å². The van der Waals surface area contributed by atoms with E-state index in [4.69, 9.17) is 0 Å². The predicted molar refractivity (Wildman–Crippen MR) is 190 cm³/mol. The molecule has 0 fully saturated rings. The molecule has 0 N–H and O–H groups in total. The molecule has 238 valence electrons. The van der Waals surface area contributed by atoms with Crippen LogP contribution in [0, 0.1) is 17.0 Å². The van der Waals surface area contributed by atoms with E-state index in [0.29, 0.717) is 0 Å². The first kappa shape index (κ1) is 32.2. The van der Waals surface area contributed by atoms with Crippen LogP contribution in [0.2, 0.25) is 0 Å². The minimum absolute atomic E-state index is 0.0188. The summed E-state index contributed by atoms with van der Waals surface area (Å²) in [6.07, 6.45) is 3.29. The minimum atomic E-state index is -0.745. The van der Waals surface area contributed by atoms with Crippen LogP contribution in [0.5, 0.6) is 0 Å². The molecule has 2 aliphatic rings. The number of allylic oxidation sites excluding steroid dienone is 4. The summed E-state index contributed by atoms with van der Waals surface area (Å²) >= 11 is 0. The van der Waals surface area contributed by atoms with Gasteiger partial charge in [0, 0.05) is 5.92 Å². The molecule has 0 unspecified atom stereocenters. The molecule has 0 atom stereocenters. The van der Waals surface area contributed by atoms with Gasteiger partial charge in [-0.15, -0.1) is 0 Å². The van der Waals surface area contributed by atoms with Crippen LogP contribution < -0.4 is 0 Å². The minimum Gasteiger partial charge on any atom is -0.207 e. The van der Waals surface area contributed by atoms with Gasteiger partial charge in [-0.05, 0) is 104 Å². The fourth-order valence-corrected chi connectivity index (χ4v) is 7.70. The normalized spacial score (nSPS) is 15.7. The molecule has 0 saturated carbocycles. The maximum Gasteiger partial charge on any atom is 0.123 e. The molecular weight excluding hydrogens is 566 g/mol. The topological polar surface area (TPSA) is 0 Å². The average molecular weight is 615 g/mol. The average Bonchev–Trinajstić information content (AvgIpc) is 3.53. The molecule has 0 spiro atoms. The summed E-state index contributed by atoms with van der Waals surface area (Å²) < 4.78 is 29.4. The largest absolute Gasteiger partial charge is 0.207 e. The molecule has 0 radical (unpaired) electrons. The number of hydrogen-bond acceptors (Lipinski definition) is 0. The Morgan fingerprint density at radius 2 is 0.913 bits per heavy atom. The lowest BCUT2D eigenvalue weighted by molar-refractivity contribution is 0.494. The van der Waals surface area contributed by atoms with Crippen molar-refractivity contribution in [3.8, 4) is 11.1 Å². The molecule has 0 bridgehead atoms. The number of hydrogen-bond donors (Lipinski definition) is 0. The molecular formula is C44H48F2. The standard InChI is InChI=1S/C44H48F2/c1-27-23-32(43(8,9)10)26-39(27)44(28-11-17-33(45)18-12-28,29-13-19-34(46)20-14-29)40-35-21-15-30(41(2,3)4)24-37(35)38-25-31(42(5,6)7)16-22-36(38)40/h11-22,24-26,40H,23H2,1-10H3. The zero-order valence-corrected chi connectivity index (χ0v) is 29.2. The summed E-state index contributed by atoms with van der Waals surface area (Å²) in [7, 11) is 0. The maximum atomic E-state index is 14.7. The molecule has 0 nitrogen and oxygen atoms in total. The lowest BCUT2D eigenvalue weighted by atomic mass is 9.58. The van der Waals surface area contributed by atoms with Gasteiger partial charge in [0.2, 0.25) is 0 Å². The van der Waals surface area contributed by atoms with Crippen LogP contribution in [0.1, 0.15) is 115 Å². The van der Waals surface area contributed by atoms with E-state index in [1.165, 1.54) is 50.1 Å². The molecule has 6 rings (SSSR count). The summed E-state index contributed by atoms with van der Waals surface area (Å²) in [6, 6.07) is 28.1. The van der Waals surface area contributed by atoms with E-state index in [1.807, 2.05) is 24.3 Å². The Hall–Kier alpha value is -3.78. The van der Waals surface area contributed by atoms with Crippen molar-refractivity contribution in [2.45, 2.75) is 97.8 Å². The highest BCUT2D eigenvalue weighted by molar-refractivity contribution is 5.83. The predicted octanol–water partition coefficient (Wildman–Crippen LogP) is 12.4. The molecule has 0 aromatic heterocycles. The van der Waals surface area contributed by atoms with E-state index < -0.39 is 5.41 Å². The molecule has 2 heteroatoms. The third kappa shape index (κ3) is 5.28. The summed E-state index contributed by atoms with van der Waals surface area (Å²) in [4.78, 5) is 0. The van der Waals surface area contributed by atoms with Gasteiger partial charge in [0.25, 0.3) is 0 Å². The number of rotatable bonds is 4. The quantitative estimate of drug-likeness (QED) is 0.214. The molecule has 0 amide bonds. The van der Waals surface area contributed by atoms with E-state index in [2.05, 4.69) is 112 Å². The van der Waals surface area contributed by atoms with E-state index in [-0.39, 0.29) is 33.8 Å². The first-order valence-corrected chi connectivity index (χ1v) is 16.6. The van der Waals surface area contributed by atoms with Crippen molar-refractivity contribution in [3.05, 3.63) is 153 Å². The second kappa shape index (κ2) is 10.9. The first-order valence-electron chi connectivity index (χ1n) is 16.6. The lowest BCUT2D eigenvalue weighted by Gasteiger charge is -2.43. The SMILES string of the molecule is CC1=C(C(c2ccc(F)cc2)(c2ccc(F)cc2)C2c3ccc(C(C)(C)C)cc3-c3cc(C(C)(C)C)ccc32)C=C(C(C)(C)C)C1. The zero-order valence-electron chi connectivity index (χ0n) is 29.2. The summed E-state index contributed by atoms with van der Waals surface area (Å²) in [6.45, 7) is 22.6. The van der Waals surface area contributed by atoms with Crippen molar-refractivity contribution in [2.75, 3.05) is 0 Å². The van der Waals surface area contributed by atoms with Crippen molar-refractivity contribution >= 4 is 0 Å². The van der Waals surface area contributed by atoms with Crippen molar-refractivity contribution in [1.29, 1.82) is 0 Å². The Balaban J connectivity index is 1.79. The van der Waals surface area contributed by atoms with E-state index in [0.717, 1.165) is 17.5 Å². The second-order valence-electron chi connectivity index (χ2n) is 16.6. The van der Waals surface area contributed by atoms with Crippen LogP contribution in [0.4, 0.5) is 8.78 Å². The van der Waals surface area contributed by atoms with Crippen molar-refractivity contribution in [3.63, 3.8) is 0 Å². The monoisotopic (exact) mass is 614 g/mol. The van der Waals surface area contributed by atoms with Gasteiger partial charge in [0.1, 0.15) is 11.6 Å². The summed E-state index contributed by atoms with van der Waals surface area (Å²) in [5, 5.41) is 0. The van der Waals surface area contributed by atoms with Gasteiger partial charge in [-0.3, -0.25) is 0 Å². The number of halogens is 2. The Labute approximate surface area is 275 Å². The first-order chi connectivity index (χ1) is 21.4. The van der Waals surface area contributed by atoms with Crippen LogP contribution in [0.25, 0.3) is 11.1 Å².